The van der Waals surface area contributed by atoms with E-state index in [-0.39, 0.29) is 22.9 Å². The van der Waals surface area contributed by atoms with Gasteiger partial charge in [-0.15, -0.1) is 0 Å². The fourth-order valence-corrected chi connectivity index (χ4v) is 4.62. The maximum Gasteiger partial charge on any atom is 0.323 e. The maximum atomic E-state index is 14.3. The van der Waals surface area contributed by atoms with Crippen LogP contribution < -0.4 is 9.47 Å². The van der Waals surface area contributed by atoms with Crippen LogP contribution >= 0.6 is 11.6 Å². The zero-order valence-electron chi connectivity index (χ0n) is 19.7. The molecule has 1 N–H and O–H groups in total. The number of nitrogens with zero attached hydrogens (tertiary/aromatic N) is 1. The molecule has 0 fully saturated rings. The minimum Gasteiger partial charge on any atom is -0.493 e. The molecule has 0 saturated carbocycles. The van der Waals surface area contributed by atoms with Gasteiger partial charge in [0.15, 0.2) is 11.5 Å². The van der Waals surface area contributed by atoms with Crippen LogP contribution in [0, 0.1) is 11.6 Å². The molecule has 3 aromatic carbocycles. The van der Waals surface area contributed by atoms with E-state index in [0.29, 0.717) is 41.0 Å². The largest absolute Gasteiger partial charge is 0.493 e. The highest BCUT2D eigenvalue weighted by Crippen LogP contribution is 2.44. The first-order valence-corrected chi connectivity index (χ1v) is 11.5. The Morgan fingerprint density at radius 1 is 1.14 bits per heavy atom. The van der Waals surface area contributed by atoms with Gasteiger partial charge < -0.3 is 19.5 Å². The lowest BCUT2D eigenvalue weighted by atomic mass is 9.91. The van der Waals surface area contributed by atoms with Crippen molar-refractivity contribution >= 4 is 23.5 Å². The van der Waals surface area contributed by atoms with Crippen LogP contribution in [0.2, 0.25) is 5.02 Å². The second-order valence-corrected chi connectivity index (χ2v) is 9.37. The zero-order valence-corrected chi connectivity index (χ0v) is 20.4. The number of carboxylic acids is 1. The first-order valence-electron chi connectivity index (χ1n) is 11.2. The minimum absolute atomic E-state index is 0.0912. The first-order chi connectivity index (χ1) is 17.1. The van der Waals surface area contributed by atoms with Crippen molar-refractivity contribution in [1.82, 2.24) is 4.90 Å². The summed E-state index contributed by atoms with van der Waals surface area (Å²) in [6, 6.07) is 13.5. The van der Waals surface area contributed by atoms with Crippen LogP contribution in [-0.4, -0.2) is 41.1 Å². The number of rotatable bonds is 8. The average Bonchev–Trinajstić information content (AvgIpc) is 3.17. The molecular formula is C27H24ClF2NO5. The van der Waals surface area contributed by atoms with Crippen LogP contribution in [0.5, 0.6) is 11.5 Å². The molecule has 1 unspecified atom stereocenters. The Morgan fingerprint density at radius 2 is 1.89 bits per heavy atom. The van der Waals surface area contributed by atoms with Gasteiger partial charge in [-0.25, -0.2) is 8.78 Å². The van der Waals surface area contributed by atoms with E-state index in [1.807, 2.05) is 6.92 Å². The van der Waals surface area contributed by atoms with Crippen molar-refractivity contribution in [2.24, 2.45) is 0 Å². The Balaban J connectivity index is 1.63. The summed E-state index contributed by atoms with van der Waals surface area (Å²) in [5.74, 6) is -1.92. The molecule has 0 aliphatic carbocycles. The number of benzene rings is 3. The lowest BCUT2D eigenvalue weighted by Crippen LogP contribution is -2.35. The Morgan fingerprint density at radius 3 is 2.56 bits per heavy atom. The number of hydrogen-bond donors (Lipinski definition) is 1. The second-order valence-electron chi connectivity index (χ2n) is 8.97. The van der Waals surface area contributed by atoms with Gasteiger partial charge in [-0.3, -0.25) is 9.59 Å². The van der Waals surface area contributed by atoms with Crippen molar-refractivity contribution in [1.29, 1.82) is 0 Å². The van der Waals surface area contributed by atoms with Crippen molar-refractivity contribution in [3.63, 3.8) is 0 Å². The van der Waals surface area contributed by atoms with Gasteiger partial charge in [0.1, 0.15) is 23.8 Å². The summed E-state index contributed by atoms with van der Waals surface area (Å²) in [6.45, 7) is 1.19. The zero-order chi connectivity index (χ0) is 26.0. The van der Waals surface area contributed by atoms with Gasteiger partial charge in [-0.1, -0.05) is 35.9 Å². The smallest absolute Gasteiger partial charge is 0.323 e. The summed E-state index contributed by atoms with van der Waals surface area (Å²) >= 11 is 5.85. The summed E-state index contributed by atoms with van der Waals surface area (Å²) in [4.78, 5) is 26.0. The normalized spacial score (nSPS) is 16.2. The average molecular weight is 516 g/mol. The van der Waals surface area contributed by atoms with Crippen molar-refractivity contribution in [3.8, 4) is 11.5 Å². The monoisotopic (exact) mass is 515 g/mol. The van der Waals surface area contributed by atoms with Crippen molar-refractivity contribution < 1.29 is 33.0 Å². The SMILES string of the molecule is COc1cc(C(=O)N(CC(=O)O)Cc2ccc(F)c(Cl)c2)cc2c1OC(C)(Cc1ccccc1F)C2. The lowest BCUT2D eigenvalue weighted by molar-refractivity contribution is -0.137. The van der Waals surface area contributed by atoms with Gasteiger partial charge in [-0.2, -0.15) is 0 Å². The Bertz CT molecular complexity index is 1330. The number of carboxylic acid groups (broad SMARTS) is 1. The fourth-order valence-electron chi connectivity index (χ4n) is 4.41. The predicted octanol–water partition coefficient (Wildman–Crippen LogP) is 5.29. The summed E-state index contributed by atoms with van der Waals surface area (Å²) < 4.78 is 39.5. The molecule has 1 amide bonds. The Hall–Kier alpha value is -3.65. The number of carbonyl (C=O) groups is 2. The second kappa shape index (κ2) is 10.1. The standard InChI is InChI=1S/C27H24ClF2NO5/c1-27(12-17-5-3-4-6-21(17)29)13-19-10-18(11-23(35-2)25(19)36-27)26(34)31(15-24(32)33)14-16-7-8-22(30)20(28)9-16/h3-11H,12-15H2,1-2H3,(H,32,33). The topological polar surface area (TPSA) is 76.1 Å². The molecule has 9 heteroatoms. The number of methoxy groups -OCH3 is 1. The van der Waals surface area contributed by atoms with E-state index in [1.54, 1.807) is 24.3 Å². The Kier molecular flexibility index (Phi) is 7.17. The summed E-state index contributed by atoms with van der Waals surface area (Å²) in [5.41, 5.74) is 1.11. The third kappa shape index (κ3) is 5.44. The molecule has 4 rings (SSSR count). The molecule has 1 heterocycles. The van der Waals surface area contributed by atoms with E-state index in [0.717, 1.165) is 11.0 Å². The molecule has 6 nitrogen and oxygen atoms in total. The molecule has 1 aliphatic heterocycles. The first kappa shape index (κ1) is 25.4. The highest BCUT2D eigenvalue weighted by atomic mass is 35.5. The minimum atomic E-state index is -1.20. The highest BCUT2D eigenvalue weighted by Gasteiger charge is 2.38. The van der Waals surface area contributed by atoms with Gasteiger partial charge in [0.05, 0.1) is 12.1 Å². The van der Waals surface area contributed by atoms with Gasteiger partial charge in [0.25, 0.3) is 5.91 Å². The van der Waals surface area contributed by atoms with E-state index in [4.69, 9.17) is 21.1 Å². The van der Waals surface area contributed by atoms with E-state index >= 15 is 0 Å². The van der Waals surface area contributed by atoms with Crippen LogP contribution in [0.1, 0.15) is 34.0 Å². The fraction of sp³-hybridized carbons (Fsp3) is 0.259. The van der Waals surface area contributed by atoms with Gasteiger partial charge in [0, 0.05) is 30.5 Å². The van der Waals surface area contributed by atoms with Crippen LogP contribution in [0.15, 0.2) is 54.6 Å². The molecular weight excluding hydrogens is 492 g/mol. The number of aliphatic carboxylic acids is 1. The van der Waals surface area contributed by atoms with Crippen molar-refractivity contribution in [2.45, 2.75) is 31.9 Å². The molecule has 0 spiro atoms. The summed E-state index contributed by atoms with van der Waals surface area (Å²) in [6.07, 6.45) is 0.692. The molecule has 0 radical (unpaired) electrons. The van der Waals surface area contributed by atoms with Crippen LogP contribution in [0.3, 0.4) is 0 Å². The molecule has 1 atom stereocenters. The number of carbonyl (C=O) groups excluding carboxylic acids is 1. The number of halogens is 3. The molecule has 0 bridgehead atoms. The van der Waals surface area contributed by atoms with E-state index < -0.39 is 29.8 Å². The van der Waals surface area contributed by atoms with Crippen LogP contribution in [0.25, 0.3) is 0 Å². The van der Waals surface area contributed by atoms with Gasteiger partial charge in [-0.05, 0) is 48.4 Å². The number of fused-ring (bicyclic) bond motifs is 1. The summed E-state index contributed by atoms with van der Waals surface area (Å²) in [5, 5.41) is 9.26. The Labute approximate surface area is 212 Å². The molecule has 1 aliphatic rings. The third-order valence-electron chi connectivity index (χ3n) is 6.00. The van der Waals surface area contributed by atoms with Crippen LogP contribution in [0.4, 0.5) is 8.78 Å². The van der Waals surface area contributed by atoms with E-state index in [9.17, 15) is 23.5 Å². The summed E-state index contributed by atoms with van der Waals surface area (Å²) in [7, 11) is 1.44. The molecule has 0 saturated heterocycles. The number of ether oxygens (including phenoxy) is 2. The number of hydrogen-bond acceptors (Lipinski definition) is 4. The van der Waals surface area contributed by atoms with Crippen molar-refractivity contribution in [2.75, 3.05) is 13.7 Å². The quantitative estimate of drug-likeness (QED) is 0.441. The third-order valence-corrected chi connectivity index (χ3v) is 6.29. The lowest BCUT2D eigenvalue weighted by Gasteiger charge is -2.24. The molecule has 188 valence electrons. The van der Waals surface area contributed by atoms with Gasteiger partial charge in [0.2, 0.25) is 0 Å². The molecule has 0 aromatic heterocycles. The molecule has 3 aromatic rings. The molecule has 36 heavy (non-hydrogen) atoms. The number of amides is 1. The van der Waals surface area contributed by atoms with Crippen LogP contribution in [-0.2, 0) is 24.2 Å². The van der Waals surface area contributed by atoms with E-state index in [1.165, 1.54) is 31.4 Å². The van der Waals surface area contributed by atoms with Crippen molar-refractivity contribution in [3.05, 3.63) is 93.5 Å². The maximum absolute atomic E-state index is 14.3. The predicted molar refractivity (Wildman–Crippen MR) is 130 cm³/mol. The van der Waals surface area contributed by atoms with Gasteiger partial charge >= 0.3 is 5.97 Å². The highest BCUT2D eigenvalue weighted by molar-refractivity contribution is 6.30. The van der Waals surface area contributed by atoms with E-state index in [2.05, 4.69) is 0 Å².